The summed E-state index contributed by atoms with van der Waals surface area (Å²) in [6.07, 6.45) is 0. The highest BCUT2D eigenvalue weighted by Crippen LogP contribution is 2.33. The van der Waals surface area contributed by atoms with Gasteiger partial charge in [0.1, 0.15) is 11.3 Å². The first-order chi connectivity index (χ1) is 11.6. The van der Waals surface area contributed by atoms with E-state index in [1.165, 1.54) is 0 Å². The Morgan fingerprint density at radius 3 is 2.54 bits per heavy atom. The van der Waals surface area contributed by atoms with Crippen LogP contribution >= 0.6 is 0 Å². The van der Waals surface area contributed by atoms with Crippen molar-refractivity contribution in [3.8, 4) is 17.4 Å². The van der Waals surface area contributed by atoms with E-state index < -0.39 is 0 Å². The minimum absolute atomic E-state index is 0.145. The normalized spacial score (nSPS) is 10.8. The van der Waals surface area contributed by atoms with Gasteiger partial charge in [0.05, 0.1) is 17.2 Å². The van der Waals surface area contributed by atoms with E-state index in [9.17, 15) is 4.79 Å². The molecule has 1 amide bonds. The zero-order chi connectivity index (χ0) is 17.1. The van der Waals surface area contributed by atoms with Crippen molar-refractivity contribution in [1.29, 1.82) is 5.26 Å². The Kier molecular flexibility index (Phi) is 4.35. The van der Waals surface area contributed by atoms with Crippen LogP contribution in [0, 0.1) is 17.2 Å². The number of furan rings is 1. The number of nitrogens with one attached hydrogen (secondary N) is 1. The minimum Gasteiger partial charge on any atom is -0.455 e. The number of nitrogens with zero attached hydrogens (tertiary/aromatic N) is 1. The van der Waals surface area contributed by atoms with Gasteiger partial charge in [-0.15, -0.1) is 0 Å². The van der Waals surface area contributed by atoms with E-state index in [0.717, 1.165) is 10.9 Å². The lowest BCUT2D eigenvalue weighted by atomic mass is 10.0. The molecule has 0 atom stereocenters. The quantitative estimate of drug-likeness (QED) is 0.777. The van der Waals surface area contributed by atoms with Crippen LogP contribution in [0.2, 0.25) is 0 Å². The summed E-state index contributed by atoms with van der Waals surface area (Å²) in [5, 5.41) is 12.7. The molecule has 1 N–H and O–H groups in total. The molecular formula is C20H18N2O2. The van der Waals surface area contributed by atoms with Crippen LogP contribution in [0.1, 0.15) is 29.8 Å². The second-order valence-electron chi connectivity index (χ2n) is 6.10. The first kappa shape index (κ1) is 15.8. The number of hydrogen-bond acceptors (Lipinski definition) is 3. The molecule has 0 aliphatic rings. The molecule has 0 spiro atoms. The third kappa shape index (κ3) is 3.02. The van der Waals surface area contributed by atoms with Gasteiger partial charge >= 0.3 is 0 Å². The zero-order valence-corrected chi connectivity index (χ0v) is 13.7. The average molecular weight is 318 g/mol. The molecule has 24 heavy (non-hydrogen) atoms. The number of amides is 1. The fourth-order valence-electron chi connectivity index (χ4n) is 2.56. The lowest BCUT2D eigenvalue weighted by Gasteiger charge is -2.08. The monoisotopic (exact) mass is 318 g/mol. The van der Waals surface area contributed by atoms with Gasteiger partial charge in [-0.3, -0.25) is 4.79 Å². The summed E-state index contributed by atoms with van der Waals surface area (Å²) < 4.78 is 5.94. The van der Waals surface area contributed by atoms with Gasteiger partial charge < -0.3 is 9.73 Å². The van der Waals surface area contributed by atoms with Crippen LogP contribution in [0.4, 0.5) is 0 Å². The molecule has 0 saturated carbocycles. The van der Waals surface area contributed by atoms with Crippen LogP contribution in [0.15, 0.2) is 52.9 Å². The molecule has 0 unspecified atom stereocenters. The van der Waals surface area contributed by atoms with Gasteiger partial charge in [-0.2, -0.15) is 5.26 Å². The molecule has 4 nitrogen and oxygen atoms in total. The van der Waals surface area contributed by atoms with Crippen molar-refractivity contribution in [2.75, 3.05) is 6.54 Å². The number of benzene rings is 2. The topological polar surface area (TPSA) is 66.0 Å². The number of rotatable bonds is 4. The number of carbonyl (C=O) groups is 1. The number of nitriles is 1. The highest BCUT2D eigenvalue weighted by molar-refractivity contribution is 6.11. The predicted molar refractivity (Wildman–Crippen MR) is 93.5 cm³/mol. The van der Waals surface area contributed by atoms with E-state index in [4.69, 9.17) is 9.68 Å². The van der Waals surface area contributed by atoms with Gasteiger partial charge in [-0.05, 0) is 36.2 Å². The van der Waals surface area contributed by atoms with Gasteiger partial charge in [-0.1, -0.05) is 32.0 Å². The largest absolute Gasteiger partial charge is 0.455 e. The van der Waals surface area contributed by atoms with Crippen molar-refractivity contribution in [3.05, 3.63) is 59.7 Å². The molecule has 3 rings (SSSR count). The molecule has 0 bridgehead atoms. The molecule has 0 aliphatic carbocycles. The number of fused-ring (bicyclic) bond motifs is 1. The summed E-state index contributed by atoms with van der Waals surface area (Å²) in [5.41, 5.74) is 2.56. The summed E-state index contributed by atoms with van der Waals surface area (Å²) in [7, 11) is 0. The molecule has 0 fully saturated rings. The smallest absolute Gasteiger partial charge is 0.255 e. The van der Waals surface area contributed by atoms with Crippen molar-refractivity contribution in [1.82, 2.24) is 5.32 Å². The number of para-hydroxylation sites is 1. The molecule has 3 aromatic rings. The third-order valence-electron chi connectivity index (χ3n) is 3.77. The van der Waals surface area contributed by atoms with Crippen molar-refractivity contribution < 1.29 is 9.21 Å². The van der Waals surface area contributed by atoms with Crippen molar-refractivity contribution in [2.45, 2.75) is 13.8 Å². The summed E-state index contributed by atoms with van der Waals surface area (Å²) in [5.74, 6) is 0.750. The maximum Gasteiger partial charge on any atom is 0.255 e. The Balaban J connectivity index is 2.10. The lowest BCUT2D eigenvalue weighted by molar-refractivity contribution is 0.0950. The first-order valence-corrected chi connectivity index (χ1v) is 7.90. The molecule has 4 heteroatoms. The van der Waals surface area contributed by atoms with E-state index in [-0.39, 0.29) is 5.91 Å². The van der Waals surface area contributed by atoms with Crippen molar-refractivity contribution in [3.63, 3.8) is 0 Å². The fourth-order valence-corrected chi connectivity index (χ4v) is 2.56. The Morgan fingerprint density at radius 1 is 1.17 bits per heavy atom. The van der Waals surface area contributed by atoms with Crippen LogP contribution < -0.4 is 5.32 Å². The number of carbonyl (C=O) groups excluding carboxylic acids is 1. The van der Waals surface area contributed by atoms with Gasteiger partial charge in [-0.25, -0.2) is 0 Å². The van der Waals surface area contributed by atoms with Crippen molar-refractivity contribution in [2.24, 2.45) is 5.92 Å². The van der Waals surface area contributed by atoms with Crippen molar-refractivity contribution >= 4 is 16.9 Å². The molecule has 120 valence electrons. The SMILES string of the molecule is CC(C)CNC(=O)c1c(-c2ccc(C#N)cc2)oc2ccccc12. The second-order valence-corrected chi connectivity index (χ2v) is 6.10. The zero-order valence-electron chi connectivity index (χ0n) is 13.7. The third-order valence-corrected chi connectivity index (χ3v) is 3.77. The van der Waals surface area contributed by atoms with E-state index in [2.05, 4.69) is 25.2 Å². The Labute approximate surface area is 140 Å². The summed E-state index contributed by atoms with van der Waals surface area (Å²) in [4.78, 5) is 12.7. The van der Waals surface area contributed by atoms with Crippen LogP contribution in [0.5, 0.6) is 0 Å². The highest BCUT2D eigenvalue weighted by atomic mass is 16.3. The van der Waals surface area contributed by atoms with Gasteiger partial charge in [0.15, 0.2) is 0 Å². The van der Waals surface area contributed by atoms with Crippen LogP contribution in [0.3, 0.4) is 0 Å². The Bertz CT molecular complexity index is 915. The summed E-state index contributed by atoms with van der Waals surface area (Å²) >= 11 is 0. The van der Waals surface area contributed by atoms with Crippen LogP contribution in [-0.2, 0) is 0 Å². The van der Waals surface area contributed by atoms with E-state index >= 15 is 0 Å². The van der Waals surface area contributed by atoms with Gasteiger partial charge in [0, 0.05) is 17.5 Å². The van der Waals surface area contributed by atoms with Gasteiger partial charge in [0.2, 0.25) is 0 Å². The highest BCUT2D eigenvalue weighted by Gasteiger charge is 2.21. The molecule has 0 saturated heterocycles. The Morgan fingerprint density at radius 2 is 1.88 bits per heavy atom. The standard InChI is InChI=1S/C20H18N2O2/c1-13(2)12-22-20(23)18-16-5-3-4-6-17(16)24-19(18)15-9-7-14(11-21)8-10-15/h3-10,13H,12H2,1-2H3,(H,22,23). The van der Waals surface area contributed by atoms with Gasteiger partial charge in [0.25, 0.3) is 5.91 Å². The van der Waals surface area contributed by atoms with E-state index in [1.807, 2.05) is 24.3 Å². The second kappa shape index (κ2) is 6.59. The lowest BCUT2D eigenvalue weighted by Crippen LogP contribution is -2.27. The average Bonchev–Trinajstić information content (AvgIpc) is 2.99. The minimum atomic E-state index is -0.145. The predicted octanol–water partition coefficient (Wildman–Crippen LogP) is 4.36. The maximum absolute atomic E-state index is 12.7. The summed E-state index contributed by atoms with van der Waals surface area (Å²) in [6.45, 7) is 4.70. The van der Waals surface area contributed by atoms with Crippen LogP contribution in [-0.4, -0.2) is 12.5 Å². The fraction of sp³-hybridized carbons (Fsp3) is 0.200. The molecule has 1 heterocycles. The molecule has 0 radical (unpaired) electrons. The molecule has 0 aliphatic heterocycles. The first-order valence-electron chi connectivity index (χ1n) is 7.90. The Hall–Kier alpha value is -3.06. The number of hydrogen-bond donors (Lipinski definition) is 1. The van der Waals surface area contributed by atoms with Crippen LogP contribution in [0.25, 0.3) is 22.3 Å². The van der Waals surface area contributed by atoms with E-state index in [0.29, 0.717) is 34.9 Å². The summed E-state index contributed by atoms with van der Waals surface area (Å²) in [6, 6.07) is 16.6. The molecule has 1 aromatic heterocycles. The molecular weight excluding hydrogens is 300 g/mol. The molecule has 2 aromatic carbocycles. The van der Waals surface area contributed by atoms with E-state index in [1.54, 1.807) is 24.3 Å². The maximum atomic E-state index is 12.7.